The SMILES string of the molecule is CCCN(CCC)S(=O)(=O)c1ccc(F)c(CNC)c1F. The van der Waals surface area contributed by atoms with Crippen LogP contribution in [-0.2, 0) is 16.6 Å². The number of nitrogens with zero attached hydrogens (tertiary/aromatic N) is 1. The third-order valence-corrected chi connectivity index (χ3v) is 4.98. The Labute approximate surface area is 125 Å². The molecule has 0 bridgehead atoms. The number of nitrogens with one attached hydrogen (secondary N) is 1. The lowest BCUT2D eigenvalue weighted by Gasteiger charge is -2.22. The summed E-state index contributed by atoms with van der Waals surface area (Å²) in [6, 6.07) is 2.00. The smallest absolute Gasteiger partial charge is 0.245 e. The first kappa shape index (κ1) is 18.0. The molecule has 0 atom stereocenters. The molecule has 0 aliphatic heterocycles. The average Bonchev–Trinajstić information content (AvgIpc) is 2.43. The van der Waals surface area contributed by atoms with Crippen molar-refractivity contribution in [3.05, 3.63) is 29.3 Å². The average molecular weight is 320 g/mol. The summed E-state index contributed by atoms with van der Waals surface area (Å²) in [4.78, 5) is -0.462. The van der Waals surface area contributed by atoms with Gasteiger partial charge in [-0.2, -0.15) is 4.31 Å². The van der Waals surface area contributed by atoms with Gasteiger partial charge in [0.15, 0.2) is 5.82 Å². The predicted octanol–water partition coefficient (Wildman–Crippen LogP) is 2.49. The predicted molar refractivity (Wildman–Crippen MR) is 78.5 cm³/mol. The van der Waals surface area contributed by atoms with Crippen molar-refractivity contribution in [2.24, 2.45) is 0 Å². The molecule has 1 aromatic carbocycles. The van der Waals surface area contributed by atoms with Crippen molar-refractivity contribution in [3.63, 3.8) is 0 Å². The van der Waals surface area contributed by atoms with Crippen molar-refractivity contribution >= 4 is 10.0 Å². The maximum atomic E-state index is 14.4. The zero-order valence-electron chi connectivity index (χ0n) is 12.6. The van der Waals surface area contributed by atoms with Crippen molar-refractivity contribution < 1.29 is 17.2 Å². The minimum Gasteiger partial charge on any atom is -0.315 e. The summed E-state index contributed by atoms with van der Waals surface area (Å²) in [7, 11) is -2.41. The van der Waals surface area contributed by atoms with Crippen LogP contribution in [0.5, 0.6) is 0 Å². The summed E-state index contributed by atoms with van der Waals surface area (Å²) in [5.74, 6) is -1.76. The molecule has 0 radical (unpaired) electrons. The van der Waals surface area contributed by atoms with Crippen LogP contribution in [0.2, 0.25) is 0 Å². The van der Waals surface area contributed by atoms with E-state index < -0.39 is 26.6 Å². The normalized spacial score (nSPS) is 12.1. The fraction of sp³-hybridized carbons (Fsp3) is 0.571. The molecule has 1 aromatic rings. The van der Waals surface area contributed by atoms with E-state index in [1.54, 1.807) is 7.05 Å². The van der Waals surface area contributed by atoms with Gasteiger partial charge in [-0.15, -0.1) is 0 Å². The Balaban J connectivity index is 3.33. The van der Waals surface area contributed by atoms with Crippen LogP contribution >= 0.6 is 0 Å². The van der Waals surface area contributed by atoms with E-state index in [2.05, 4.69) is 5.32 Å². The minimum atomic E-state index is -3.95. The quantitative estimate of drug-likeness (QED) is 0.800. The van der Waals surface area contributed by atoms with E-state index in [4.69, 9.17) is 0 Å². The summed E-state index contributed by atoms with van der Waals surface area (Å²) in [5.41, 5.74) is -0.258. The van der Waals surface area contributed by atoms with Crippen LogP contribution in [0.1, 0.15) is 32.3 Å². The highest BCUT2D eigenvalue weighted by Crippen LogP contribution is 2.24. The second-order valence-electron chi connectivity index (χ2n) is 4.77. The van der Waals surface area contributed by atoms with Gasteiger partial charge in [0.25, 0.3) is 0 Å². The zero-order valence-corrected chi connectivity index (χ0v) is 13.4. The number of hydrogen-bond acceptors (Lipinski definition) is 3. The van der Waals surface area contributed by atoms with Crippen LogP contribution < -0.4 is 5.32 Å². The molecule has 0 heterocycles. The maximum absolute atomic E-state index is 14.4. The van der Waals surface area contributed by atoms with Gasteiger partial charge in [-0.3, -0.25) is 0 Å². The zero-order chi connectivity index (χ0) is 16.0. The first-order valence-electron chi connectivity index (χ1n) is 7.01. The van der Waals surface area contributed by atoms with Crippen LogP contribution in [0.3, 0.4) is 0 Å². The molecule has 21 heavy (non-hydrogen) atoms. The highest BCUT2D eigenvalue weighted by atomic mass is 32.2. The van der Waals surface area contributed by atoms with Crippen molar-refractivity contribution in [3.8, 4) is 0 Å². The molecular weight excluding hydrogens is 298 g/mol. The summed E-state index contributed by atoms with van der Waals surface area (Å²) < 4.78 is 54.3. The second kappa shape index (κ2) is 7.82. The van der Waals surface area contributed by atoms with Crippen molar-refractivity contribution in [1.29, 1.82) is 0 Å². The largest absolute Gasteiger partial charge is 0.315 e. The Morgan fingerprint density at radius 2 is 1.71 bits per heavy atom. The van der Waals surface area contributed by atoms with Crippen LogP contribution in [0.4, 0.5) is 8.78 Å². The molecule has 0 amide bonds. The monoisotopic (exact) mass is 320 g/mol. The molecule has 4 nitrogen and oxygen atoms in total. The van der Waals surface area contributed by atoms with Crippen LogP contribution in [0, 0.1) is 11.6 Å². The Morgan fingerprint density at radius 3 is 2.19 bits per heavy atom. The molecule has 1 N–H and O–H groups in total. The maximum Gasteiger partial charge on any atom is 0.245 e. The van der Waals surface area contributed by atoms with Gasteiger partial charge in [0.1, 0.15) is 10.7 Å². The second-order valence-corrected chi connectivity index (χ2v) is 6.68. The van der Waals surface area contributed by atoms with E-state index >= 15 is 0 Å². The van der Waals surface area contributed by atoms with E-state index in [1.165, 1.54) is 4.31 Å². The lowest BCUT2D eigenvalue weighted by molar-refractivity contribution is 0.405. The van der Waals surface area contributed by atoms with E-state index in [0.29, 0.717) is 25.9 Å². The molecule has 1 rings (SSSR count). The fourth-order valence-electron chi connectivity index (χ4n) is 2.10. The highest BCUT2D eigenvalue weighted by Gasteiger charge is 2.28. The van der Waals surface area contributed by atoms with Gasteiger partial charge in [0.05, 0.1) is 0 Å². The van der Waals surface area contributed by atoms with E-state index in [1.807, 2.05) is 13.8 Å². The molecule has 0 aromatic heterocycles. The van der Waals surface area contributed by atoms with Crippen molar-refractivity contribution in [1.82, 2.24) is 9.62 Å². The topological polar surface area (TPSA) is 49.4 Å². The molecule has 0 spiro atoms. The number of rotatable bonds is 8. The first-order chi connectivity index (χ1) is 9.89. The Kier molecular flexibility index (Phi) is 6.70. The Hall–Kier alpha value is -1.05. The Bertz CT molecular complexity index is 571. The lowest BCUT2D eigenvalue weighted by Crippen LogP contribution is -2.33. The van der Waals surface area contributed by atoms with E-state index in [9.17, 15) is 17.2 Å². The number of halogens is 2. The van der Waals surface area contributed by atoms with Gasteiger partial charge >= 0.3 is 0 Å². The molecule has 120 valence electrons. The van der Waals surface area contributed by atoms with Crippen LogP contribution in [0.15, 0.2) is 17.0 Å². The molecule has 0 aliphatic carbocycles. The molecule has 0 saturated carbocycles. The van der Waals surface area contributed by atoms with Crippen molar-refractivity contribution in [2.45, 2.75) is 38.1 Å². The fourth-order valence-corrected chi connectivity index (χ4v) is 3.82. The molecule has 0 saturated heterocycles. The van der Waals surface area contributed by atoms with Gasteiger partial charge in [0.2, 0.25) is 10.0 Å². The minimum absolute atomic E-state index is 0.0669. The van der Waals surface area contributed by atoms with E-state index in [-0.39, 0.29) is 12.1 Å². The van der Waals surface area contributed by atoms with Crippen molar-refractivity contribution in [2.75, 3.05) is 20.1 Å². The van der Waals surface area contributed by atoms with Crippen LogP contribution in [0.25, 0.3) is 0 Å². The number of sulfonamides is 1. The van der Waals surface area contributed by atoms with E-state index in [0.717, 1.165) is 12.1 Å². The highest BCUT2D eigenvalue weighted by molar-refractivity contribution is 7.89. The van der Waals surface area contributed by atoms with Gasteiger partial charge < -0.3 is 5.32 Å². The standard InChI is InChI=1S/C14H22F2N2O2S/c1-4-8-18(9-5-2)21(19,20)13-7-6-12(15)11(10-17-3)14(13)16/h6-7,17H,4-5,8-10H2,1-3H3. The van der Waals surface area contributed by atoms with Crippen LogP contribution in [-0.4, -0.2) is 32.9 Å². The molecule has 0 fully saturated rings. The third-order valence-electron chi connectivity index (χ3n) is 3.07. The molecule has 0 aliphatic rings. The van der Waals surface area contributed by atoms with Gasteiger partial charge in [-0.05, 0) is 32.0 Å². The number of hydrogen-bond donors (Lipinski definition) is 1. The number of benzene rings is 1. The summed E-state index contributed by atoms with van der Waals surface area (Å²) in [5, 5.41) is 2.64. The first-order valence-corrected chi connectivity index (χ1v) is 8.45. The third kappa shape index (κ3) is 3.99. The Morgan fingerprint density at radius 1 is 1.14 bits per heavy atom. The summed E-state index contributed by atoms with van der Waals surface area (Å²) in [6.45, 7) is 4.27. The summed E-state index contributed by atoms with van der Waals surface area (Å²) in [6.07, 6.45) is 1.26. The summed E-state index contributed by atoms with van der Waals surface area (Å²) >= 11 is 0. The molecule has 7 heteroatoms. The van der Waals surface area contributed by atoms with Gasteiger partial charge in [-0.25, -0.2) is 17.2 Å². The molecule has 0 unspecified atom stereocenters. The lowest BCUT2D eigenvalue weighted by atomic mass is 10.2. The van der Waals surface area contributed by atoms with Gasteiger partial charge in [0, 0.05) is 25.2 Å². The molecular formula is C14H22F2N2O2S. The van der Waals surface area contributed by atoms with Gasteiger partial charge in [-0.1, -0.05) is 13.8 Å².